The van der Waals surface area contributed by atoms with Gasteiger partial charge in [-0.2, -0.15) is 0 Å². The van der Waals surface area contributed by atoms with Gasteiger partial charge in [0.25, 0.3) is 0 Å². The molecule has 1 aliphatic carbocycles. The molecule has 11 heavy (non-hydrogen) atoms. The normalized spacial score (nSPS) is 23.9. The molecule has 3 aliphatic rings. The minimum Gasteiger partial charge on any atom is -0.374 e. The van der Waals surface area contributed by atoms with E-state index in [1.807, 2.05) is 0 Å². The number of hydrogen-bond donors (Lipinski definition) is 0. The van der Waals surface area contributed by atoms with E-state index in [0.717, 1.165) is 0 Å². The van der Waals surface area contributed by atoms with E-state index in [1.54, 1.807) is 5.57 Å². The standard InChI is InChI=1S/C10H15N/c1-11-8-9-4-2-3-5-10(11)7-6-9/h6-7H,2-5,8H2,1H3. The first-order valence-electron chi connectivity index (χ1n) is 4.46. The molecule has 0 amide bonds. The molecule has 1 nitrogen and oxygen atoms in total. The summed E-state index contributed by atoms with van der Waals surface area (Å²) in [7, 11) is 2.20. The topological polar surface area (TPSA) is 3.24 Å². The van der Waals surface area contributed by atoms with Crippen LogP contribution in [0.25, 0.3) is 0 Å². The van der Waals surface area contributed by atoms with Crippen LogP contribution in [0.5, 0.6) is 0 Å². The smallest absolute Gasteiger partial charge is 0.0385 e. The number of rotatable bonds is 0. The average molecular weight is 149 g/mol. The number of hydrogen-bond acceptors (Lipinski definition) is 1. The molecule has 2 heterocycles. The van der Waals surface area contributed by atoms with Crippen molar-refractivity contribution in [2.24, 2.45) is 0 Å². The Labute approximate surface area is 68.4 Å². The predicted molar refractivity (Wildman–Crippen MR) is 47.3 cm³/mol. The third kappa shape index (κ3) is 1.32. The molecular weight excluding hydrogens is 134 g/mol. The van der Waals surface area contributed by atoms with Crippen LogP contribution in [0, 0.1) is 0 Å². The first-order valence-corrected chi connectivity index (χ1v) is 4.46. The van der Waals surface area contributed by atoms with Crippen LogP contribution in [0.4, 0.5) is 0 Å². The van der Waals surface area contributed by atoms with Crippen LogP contribution in [0.15, 0.2) is 23.4 Å². The van der Waals surface area contributed by atoms with Crippen molar-refractivity contribution < 1.29 is 0 Å². The van der Waals surface area contributed by atoms with Crippen LogP contribution < -0.4 is 0 Å². The van der Waals surface area contributed by atoms with Gasteiger partial charge in [-0.15, -0.1) is 0 Å². The molecule has 1 saturated heterocycles. The Hall–Kier alpha value is -0.720. The van der Waals surface area contributed by atoms with Crippen molar-refractivity contribution in [3.8, 4) is 0 Å². The summed E-state index contributed by atoms with van der Waals surface area (Å²) >= 11 is 0. The molecule has 0 unspecified atom stereocenters. The fourth-order valence-corrected chi connectivity index (χ4v) is 1.89. The summed E-state index contributed by atoms with van der Waals surface area (Å²) in [6.45, 7) is 1.17. The Balaban J connectivity index is 2.23. The van der Waals surface area contributed by atoms with Crippen LogP contribution in [0.3, 0.4) is 0 Å². The molecule has 0 spiro atoms. The number of nitrogens with zero attached hydrogens (tertiary/aromatic N) is 1. The minimum absolute atomic E-state index is 1.17. The summed E-state index contributed by atoms with van der Waals surface area (Å²) in [5.74, 6) is 0. The van der Waals surface area contributed by atoms with Crippen molar-refractivity contribution in [3.63, 3.8) is 0 Å². The molecular formula is C10H15N. The highest BCUT2D eigenvalue weighted by molar-refractivity contribution is 5.25. The van der Waals surface area contributed by atoms with Crippen molar-refractivity contribution >= 4 is 0 Å². The Morgan fingerprint density at radius 2 is 2.00 bits per heavy atom. The maximum Gasteiger partial charge on any atom is 0.0385 e. The highest BCUT2D eigenvalue weighted by Crippen LogP contribution is 2.25. The quantitative estimate of drug-likeness (QED) is 0.511. The van der Waals surface area contributed by atoms with Gasteiger partial charge in [0.2, 0.25) is 0 Å². The van der Waals surface area contributed by atoms with Gasteiger partial charge in [0.05, 0.1) is 0 Å². The second-order valence-electron chi connectivity index (χ2n) is 3.55. The van der Waals surface area contributed by atoms with Gasteiger partial charge in [-0.3, -0.25) is 0 Å². The SMILES string of the molecule is CN1CC2=CC=C1CCCC2. The lowest BCUT2D eigenvalue weighted by Gasteiger charge is -2.29. The summed E-state index contributed by atoms with van der Waals surface area (Å²) < 4.78 is 0. The van der Waals surface area contributed by atoms with Gasteiger partial charge in [0, 0.05) is 19.3 Å². The fraction of sp³-hybridized carbons (Fsp3) is 0.600. The molecule has 0 atom stereocenters. The van der Waals surface area contributed by atoms with E-state index >= 15 is 0 Å². The zero-order valence-corrected chi connectivity index (χ0v) is 7.14. The minimum atomic E-state index is 1.17. The van der Waals surface area contributed by atoms with Crippen LogP contribution in [-0.2, 0) is 0 Å². The van der Waals surface area contributed by atoms with E-state index in [2.05, 4.69) is 24.1 Å². The fourth-order valence-electron chi connectivity index (χ4n) is 1.89. The average Bonchev–Trinajstić information content (AvgIpc) is 1.92. The summed E-state index contributed by atoms with van der Waals surface area (Å²) in [6.07, 6.45) is 9.95. The van der Waals surface area contributed by atoms with Crippen molar-refractivity contribution in [2.75, 3.05) is 13.6 Å². The first-order chi connectivity index (χ1) is 5.36. The van der Waals surface area contributed by atoms with Crippen molar-refractivity contribution in [1.29, 1.82) is 0 Å². The first kappa shape index (κ1) is 6.96. The molecule has 1 fully saturated rings. The second kappa shape index (κ2) is 2.72. The molecule has 0 saturated carbocycles. The molecule has 2 bridgehead atoms. The molecule has 3 rings (SSSR count). The monoisotopic (exact) mass is 149 g/mol. The van der Waals surface area contributed by atoms with Gasteiger partial charge in [-0.1, -0.05) is 11.6 Å². The summed E-state index contributed by atoms with van der Waals surface area (Å²) in [5, 5.41) is 0. The van der Waals surface area contributed by atoms with E-state index in [9.17, 15) is 0 Å². The van der Waals surface area contributed by atoms with Crippen molar-refractivity contribution in [2.45, 2.75) is 25.7 Å². The van der Waals surface area contributed by atoms with Gasteiger partial charge in [0.1, 0.15) is 0 Å². The lowest BCUT2D eigenvalue weighted by atomic mass is 9.97. The zero-order valence-electron chi connectivity index (χ0n) is 7.14. The van der Waals surface area contributed by atoms with Crippen LogP contribution in [0.2, 0.25) is 0 Å². The van der Waals surface area contributed by atoms with E-state index in [0.29, 0.717) is 0 Å². The number of allylic oxidation sites excluding steroid dienone is 3. The molecule has 0 aromatic carbocycles. The molecule has 0 aromatic rings. The van der Waals surface area contributed by atoms with Gasteiger partial charge in [0.15, 0.2) is 0 Å². The van der Waals surface area contributed by atoms with E-state index in [1.165, 1.54) is 37.9 Å². The number of fused-ring (bicyclic) bond motifs is 5. The lowest BCUT2D eigenvalue weighted by molar-refractivity contribution is 0.399. The molecule has 1 heteroatoms. The molecule has 2 aliphatic heterocycles. The van der Waals surface area contributed by atoms with E-state index in [-0.39, 0.29) is 0 Å². The summed E-state index contributed by atoms with van der Waals surface area (Å²) in [5.41, 5.74) is 3.13. The molecule has 0 aromatic heterocycles. The Kier molecular flexibility index (Phi) is 1.72. The third-order valence-corrected chi connectivity index (χ3v) is 2.62. The van der Waals surface area contributed by atoms with Gasteiger partial charge in [-0.25, -0.2) is 0 Å². The van der Waals surface area contributed by atoms with E-state index in [4.69, 9.17) is 0 Å². The highest BCUT2D eigenvalue weighted by Gasteiger charge is 2.13. The second-order valence-corrected chi connectivity index (χ2v) is 3.55. The molecule has 0 N–H and O–H groups in total. The maximum absolute atomic E-state index is 2.38. The number of likely N-dealkylation sites (N-methyl/N-ethyl adjacent to an activating group) is 1. The van der Waals surface area contributed by atoms with Crippen LogP contribution >= 0.6 is 0 Å². The van der Waals surface area contributed by atoms with Crippen LogP contribution in [0.1, 0.15) is 25.7 Å². The summed E-state index contributed by atoms with van der Waals surface area (Å²) in [6, 6.07) is 0. The molecule has 60 valence electrons. The van der Waals surface area contributed by atoms with Gasteiger partial charge >= 0.3 is 0 Å². The van der Waals surface area contributed by atoms with Crippen molar-refractivity contribution in [1.82, 2.24) is 4.90 Å². The van der Waals surface area contributed by atoms with Crippen LogP contribution in [-0.4, -0.2) is 18.5 Å². The molecule has 0 radical (unpaired) electrons. The zero-order chi connectivity index (χ0) is 7.68. The summed E-state index contributed by atoms with van der Waals surface area (Å²) in [4.78, 5) is 2.38. The van der Waals surface area contributed by atoms with E-state index < -0.39 is 0 Å². The van der Waals surface area contributed by atoms with Crippen molar-refractivity contribution in [3.05, 3.63) is 23.4 Å². The Bertz CT molecular complexity index is 213. The van der Waals surface area contributed by atoms with Gasteiger partial charge in [-0.05, 0) is 31.8 Å². The largest absolute Gasteiger partial charge is 0.374 e. The van der Waals surface area contributed by atoms with Gasteiger partial charge < -0.3 is 4.90 Å². The predicted octanol–water partition coefficient (Wildman–Crippen LogP) is 2.32. The third-order valence-electron chi connectivity index (χ3n) is 2.62. The highest BCUT2D eigenvalue weighted by atomic mass is 15.1. The lowest BCUT2D eigenvalue weighted by Crippen LogP contribution is -2.24. The Morgan fingerprint density at radius 3 is 2.82 bits per heavy atom. The Morgan fingerprint density at radius 1 is 1.18 bits per heavy atom. The maximum atomic E-state index is 2.38.